The Kier molecular flexibility index (Phi) is 7.38. The Balaban J connectivity index is 1.78. The average molecular weight is 358 g/mol. The van der Waals surface area contributed by atoms with Gasteiger partial charge in [-0.15, -0.1) is 0 Å². The quantitative estimate of drug-likeness (QED) is 0.589. The number of ether oxygens (including phenoxy) is 1. The van der Waals surface area contributed by atoms with E-state index in [9.17, 15) is 4.39 Å². The van der Waals surface area contributed by atoms with Crippen LogP contribution in [0.5, 0.6) is 5.88 Å². The van der Waals surface area contributed by atoms with E-state index in [0.717, 1.165) is 23.1 Å². The normalized spacial score (nSPS) is 11.5. The predicted molar refractivity (Wildman–Crippen MR) is 103 cm³/mol. The predicted octanol–water partition coefficient (Wildman–Crippen LogP) is 3.22. The molecule has 0 aliphatic heterocycles. The van der Waals surface area contributed by atoms with Crippen LogP contribution in [0, 0.1) is 12.7 Å². The number of guanidine groups is 1. The van der Waals surface area contributed by atoms with Gasteiger partial charge in [0, 0.05) is 32.4 Å². The van der Waals surface area contributed by atoms with E-state index in [1.165, 1.54) is 6.07 Å². The topological polar surface area (TPSA) is 58.5 Å². The van der Waals surface area contributed by atoms with E-state index in [0.29, 0.717) is 24.9 Å². The van der Waals surface area contributed by atoms with E-state index in [1.807, 2.05) is 39.0 Å². The molecule has 0 atom stereocenters. The van der Waals surface area contributed by atoms with Gasteiger partial charge < -0.3 is 15.4 Å². The molecule has 0 unspecified atom stereocenters. The molecule has 0 fully saturated rings. The van der Waals surface area contributed by atoms with Gasteiger partial charge in [-0.2, -0.15) is 0 Å². The largest absolute Gasteiger partial charge is 0.475 e. The fraction of sp³-hybridized carbons (Fsp3) is 0.400. The third kappa shape index (κ3) is 6.35. The molecule has 0 amide bonds. The van der Waals surface area contributed by atoms with Crippen LogP contribution < -0.4 is 15.4 Å². The Hall–Kier alpha value is -2.63. The van der Waals surface area contributed by atoms with Crippen LogP contribution in [-0.2, 0) is 13.0 Å². The van der Waals surface area contributed by atoms with Crippen molar-refractivity contribution in [2.75, 3.05) is 13.6 Å². The van der Waals surface area contributed by atoms with Crippen molar-refractivity contribution < 1.29 is 9.13 Å². The minimum Gasteiger partial charge on any atom is -0.475 e. The van der Waals surface area contributed by atoms with E-state index in [-0.39, 0.29) is 11.9 Å². The minimum atomic E-state index is -0.199. The number of aryl methyl sites for hydroxylation is 1. The highest BCUT2D eigenvalue weighted by atomic mass is 19.1. The molecule has 0 saturated heterocycles. The molecule has 0 spiro atoms. The highest BCUT2D eigenvalue weighted by molar-refractivity contribution is 5.79. The molecule has 2 aromatic rings. The Labute approximate surface area is 154 Å². The standard InChI is InChI=1S/C20H27FN4O/c1-14(2)26-19-8-5-16(12-24-19)13-25-20(22-4)23-10-9-17-6-7-18(21)11-15(17)3/h5-8,11-12,14H,9-10,13H2,1-4H3,(H2,22,23,25). The maximum Gasteiger partial charge on any atom is 0.213 e. The number of benzene rings is 1. The van der Waals surface area contributed by atoms with Crippen LogP contribution >= 0.6 is 0 Å². The number of aliphatic imine (C=N–C) groups is 1. The third-order valence-corrected chi connectivity index (χ3v) is 3.83. The summed E-state index contributed by atoms with van der Waals surface area (Å²) >= 11 is 0. The smallest absolute Gasteiger partial charge is 0.213 e. The summed E-state index contributed by atoms with van der Waals surface area (Å²) in [5.74, 6) is 1.14. The average Bonchev–Trinajstić information content (AvgIpc) is 2.60. The summed E-state index contributed by atoms with van der Waals surface area (Å²) in [4.78, 5) is 8.51. The highest BCUT2D eigenvalue weighted by Gasteiger charge is 2.03. The summed E-state index contributed by atoms with van der Waals surface area (Å²) in [6.45, 7) is 7.20. The lowest BCUT2D eigenvalue weighted by Crippen LogP contribution is -2.37. The van der Waals surface area contributed by atoms with Gasteiger partial charge in [-0.05, 0) is 56.0 Å². The summed E-state index contributed by atoms with van der Waals surface area (Å²) < 4.78 is 18.7. The van der Waals surface area contributed by atoms with Crippen LogP contribution in [-0.4, -0.2) is 30.6 Å². The van der Waals surface area contributed by atoms with Crippen molar-refractivity contribution in [2.45, 2.75) is 39.8 Å². The van der Waals surface area contributed by atoms with E-state index < -0.39 is 0 Å². The lowest BCUT2D eigenvalue weighted by atomic mass is 10.1. The van der Waals surface area contributed by atoms with Gasteiger partial charge in [0.15, 0.2) is 5.96 Å². The van der Waals surface area contributed by atoms with Crippen LogP contribution in [0.2, 0.25) is 0 Å². The first kappa shape index (κ1) is 19.7. The lowest BCUT2D eigenvalue weighted by Gasteiger charge is -2.13. The fourth-order valence-electron chi connectivity index (χ4n) is 2.49. The number of pyridine rings is 1. The maximum atomic E-state index is 13.1. The van der Waals surface area contributed by atoms with Crippen LogP contribution in [0.4, 0.5) is 4.39 Å². The summed E-state index contributed by atoms with van der Waals surface area (Å²) in [6, 6.07) is 8.73. The number of hydrogen-bond donors (Lipinski definition) is 2. The number of hydrogen-bond acceptors (Lipinski definition) is 3. The first-order chi connectivity index (χ1) is 12.5. The molecule has 2 rings (SSSR count). The molecule has 0 saturated carbocycles. The van der Waals surface area contributed by atoms with E-state index in [2.05, 4.69) is 20.6 Å². The van der Waals surface area contributed by atoms with Gasteiger partial charge in [-0.25, -0.2) is 9.37 Å². The second kappa shape index (κ2) is 9.75. The van der Waals surface area contributed by atoms with Crippen molar-refractivity contribution in [1.82, 2.24) is 15.6 Å². The molecule has 140 valence electrons. The monoisotopic (exact) mass is 358 g/mol. The molecule has 6 heteroatoms. The molecule has 0 aliphatic rings. The molecule has 26 heavy (non-hydrogen) atoms. The van der Waals surface area contributed by atoms with Crippen LogP contribution in [0.1, 0.15) is 30.5 Å². The molecule has 2 N–H and O–H groups in total. The molecule has 5 nitrogen and oxygen atoms in total. The Morgan fingerprint density at radius 1 is 1.23 bits per heavy atom. The molecule has 0 radical (unpaired) electrons. The highest BCUT2D eigenvalue weighted by Crippen LogP contribution is 2.11. The van der Waals surface area contributed by atoms with Gasteiger partial charge >= 0.3 is 0 Å². The van der Waals surface area contributed by atoms with Crippen molar-refractivity contribution in [3.63, 3.8) is 0 Å². The van der Waals surface area contributed by atoms with Gasteiger partial charge in [0.1, 0.15) is 5.82 Å². The van der Waals surface area contributed by atoms with Gasteiger partial charge in [0.2, 0.25) is 5.88 Å². The number of halogens is 1. The van der Waals surface area contributed by atoms with Crippen LogP contribution in [0.15, 0.2) is 41.5 Å². The first-order valence-electron chi connectivity index (χ1n) is 8.79. The summed E-state index contributed by atoms with van der Waals surface area (Å²) in [5, 5.41) is 6.52. The summed E-state index contributed by atoms with van der Waals surface area (Å²) in [6.07, 6.45) is 2.70. The summed E-state index contributed by atoms with van der Waals surface area (Å²) in [5.41, 5.74) is 3.13. The van der Waals surface area contributed by atoms with Crippen LogP contribution in [0.25, 0.3) is 0 Å². The molecular formula is C20H27FN4O. The Bertz CT molecular complexity index is 729. The number of nitrogens with one attached hydrogen (secondary N) is 2. The summed E-state index contributed by atoms with van der Waals surface area (Å²) in [7, 11) is 1.73. The Morgan fingerprint density at radius 3 is 2.65 bits per heavy atom. The molecule has 1 aromatic carbocycles. The van der Waals surface area contributed by atoms with E-state index in [4.69, 9.17) is 4.74 Å². The number of nitrogens with zero attached hydrogens (tertiary/aromatic N) is 2. The van der Waals surface area contributed by atoms with Gasteiger partial charge in [0.25, 0.3) is 0 Å². The second-order valence-electron chi connectivity index (χ2n) is 6.34. The van der Waals surface area contributed by atoms with Crippen molar-refractivity contribution in [3.8, 4) is 5.88 Å². The second-order valence-corrected chi connectivity index (χ2v) is 6.34. The zero-order chi connectivity index (χ0) is 18.9. The van der Waals surface area contributed by atoms with Gasteiger partial charge in [-0.1, -0.05) is 12.1 Å². The Morgan fingerprint density at radius 2 is 2.04 bits per heavy atom. The van der Waals surface area contributed by atoms with Crippen molar-refractivity contribution >= 4 is 5.96 Å². The van der Waals surface area contributed by atoms with Gasteiger partial charge in [-0.3, -0.25) is 4.99 Å². The molecule has 1 aromatic heterocycles. The number of aromatic nitrogens is 1. The zero-order valence-corrected chi connectivity index (χ0v) is 15.8. The first-order valence-corrected chi connectivity index (χ1v) is 8.79. The molecule has 0 bridgehead atoms. The van der Waals surface area contributed by atoms with Crippen molar-refractivity contribution in [1.29, 1.82) is 0 Å². The van der Waals surface area contributed by atoms with E-state index in [1.54, 1.807) is 19.3 Å². The van der Waals surface area contributed by atoms with Gasteiger partial charge in [0.05, 0.1) is 6.10 Å². The van der Waals surface area contributed by atoms with E-state index >= 15 is 0 Å². The maximum absolute atomic E-state index is 13.1. The SMILES string of the molecule is CN=C(NCCc1ccc(F)cc1C)NCc1ccc(OC(C)C)nc1. The third-order valence-electron chi connectivity index (χ3n) is 3.83. The zero-order valence-electron chi connectivity index (χ0n) is 15.8. The van der Waals surface area contributed by atoms with Crippen LogP contribution in [0.3, 0.4) is 0 Å². The molecule has 1 heterocycles. The fourth-order valence-corrected chi connectivity index (χ4v) is 2.49. The van der Waals surface area contributed by atoms with Crippen molar-refractivity contribution in [2.24, 2.45) is 4.99 Å². The van der Waals surface area contributed by atoms with Crippen molar-refractivity contribution in [3.05, 3.63) is 59.0 Å². The minimum absolute atomic E-state index is 0.110. The number of rotatable bonds is 7. The molecular weight excluding hydrogens is 331 g/mol. The molecule has 0 aliphatic carbocycles. The lowest BCUT2D eigenvalue weighted by molar-refractivity contribution is 0.232.